The van der Waals surface area contributed by atoms with Crippen LogP contribution >= 0.6 is 0 Å². The number of nitrogens with two attached hydrogens (primary N) is 1. The van der Waals surface area contributed by atoms with Crippen LogP contribution in [0.25, 0.3) is 0 Å². The Kier molecular flexibility index (Phi) is 3.83. The molecule has 0 unspecified atom stereocenters. The van der Waals surface area contributed by atoms with Gasteiger partial charge >= 0.3 is 0 Å². The molecule has 0 amide bonds. The Morgan fingerprint density at radius 3 is 2.62 bits per heavy atom. The van der Waals surface area contributed by atoms with E-state index in [0.29, 0.717) is 0 Å². The van der Waals surface area contributed by atoms with Gasteiger partial charge in [-0.2, -0.15) is 0 Å². The number of ether oxygens (including phenoxy) is 1. The van der Waals surface area contributed by atoms with E-state index in [2.05, 4.69) is 23.1 Å². The van der Waals surface area contributed by atoms with Gasteiger partial charge in [-0.1, -0.05) is 30.3 Å². The molecule has 0 bridgehead atoms. The first-order chi connectivity index (χ1) is 7.86. The maximum Gasteiger partial charge on any atom is 0.0950 e. The van der Waals surface area contributed by atoms with E-state index in [4.69, 9.17) is 10.5 Å². The van der Waals surface area contributed by atoms with Crippen LogP contribution in [0.5, 0.6) is 0 Å². The zero-order chi connectivity index (χ0) is 11.2. The summed E-state index contributed by atoms with van der Waals surface area (Å²) in [6.45, 7) is 3.36. The molecular weight excluding hydrogens is 200 g/mol. The Bertz CT molecular complexity index is 342. The molecular formula is C13H18N2O. The summed E-state index contributed by atoms with van der Waals surface area (Å²) < 4.78 is 5.29. The lowest BCUT2D eigenvalue weighted by Gasteiger charge is -2.28. The van der Waals surface area contributed by atoms with Crippen molar-refractivity contribution in [3.05, 3.63) is 47.8 Å². The predicted molar refractivity (Wildman–Crippen MR) is 64.8 cm³/mol. The van der Waals surface area contributed by atoms with Gasteiger partial charge in [0.05, 0.1) is 19.0 Å². The molecule has 2 rings (SSSR count). The van der Waals surface area contributed by atoms with Gasteiger partial charge in [0, 0.05) is 13.1 Å². The van der Waals surface area contributed by atoms with Crippen LogP contribution in [-0.2, 0) is 11.2 Å². The van der Waals surface area contributed by atoms with E-state index in [9.17, 15) is 0 Å². The molecule has 16 heavy (non-hydrogen) atoms. The van der Waals surface area contributed by atoms with Gasteiger partial charge in [-0.05, 0) is 18.1 Å². The second-order valence-electron chi connectivity index (χ2n) is 3.92. The Labute approximate surface area is 96.5 Å². The molecule has 1 fully saturated rings. The third kappa shape index (κ3) is 3.00. The van der Waals surface area contributed by atoms with Crippen LogP contribution < -0.4 is 5.73 Å². The molecule has 0 aromatic heterocycles. The van der Waals surface area contributed by atoms with E-state index in [1.807, 2.05) is 18.2 Å². The van der Waals surface area contributed by atoms with Gasteiger partial charge in [-0.3, -0.25) is 0 Å². The largest absolute Gasteiger partial charge is 0.386 e. The van der Waals surface area contributed by atoms with Crippen molar-refractivity contribution >= 4 is 0 Å². The second kappa shape index (κ2) is 5.56. The normalized spacial score (nSPS) is 17.5. The fraction of sp³-hybridized carbons (Fsp3) is 0.385. The standard InChI is InChI=1S/C13H18N2O/c14-13(15-8-10-16-11-9-15)7-6-12-4-2-1-3-5-12/h1-5,7H,6,8-11,14H2/b13-7+. The molecule has 1 saturated heterocycles. The fourth-order valence-electron chi connectivity index (χ4n) is 1.79. The third-order valence-corrected chi connectivity index (χ3v) is 2.77. The lowest BCUT2D eigenvalue weighted by molar-refractivity contribution is 0.0529. The molecule has 86 valence electrons. The maximum absolute atomic E-state index is 6.03. The molecule has 1 aromatic rings. The Hall–Kier alpha value is -1.48. The average Bonchev–Trinajstić information content (AvgIpc) is 2.38. The number of nitrogens with zero attached hydrogens (tertiary/aromatic N) is 1. The molecule has 1 aromatic carbocycles. The maximum atomic E-state index is 6.03. The second-order valence-corrected chi connectivity index (χ2v) is 3.92. The van der Waals surface area contributed by atoms with E-state index >= 15 is 0 Å². The number of allylic oxidation sites excluding steroid dienone is 1. The number of morpholine rings is 1. The molecule has 2 N–H and O–H groups in total. The summed E-state index contributed by atoms with van der Waals surface area (Å²) in [4.78, 5) is 2.17. The molecule has 0 atom stereocenters. The van der Waals surface area contributed by atoms with Gasteiger partial charge in [0.2, 0.25) is 0 Å². The minimum absolute atomic E-state index is 0.778. The highest BCUT2D eigenvalue weighted by Gasteiger charge is 2.10. The summed E-state index contributed by atoms with van der Waals surface area (Å²) in [6, 6.07) is 10.4. The van der Waals surface area contributed by atoms with Crippen LogP contribution in [0, 0.1) is 0 Å². The van der Waals surface area contributed by atoms with Crippen LogP contribution in [-0.4, -0.2) is 31.2 Å². The smallest absolute Gasteiger partial charge is 0.0950 e. The quantitative estimate of drug-likeness (QED) is 0.832. The van der Waals surface area contributed by atoms with Gasteiger partial charge in [0.1, 0.15) is 0 Å². The van der Waals surface area contributed by atoms with Gasteiger partial charge < -0.3 is 15.4 Å². The molecule has 1 heterocycles. The van der Waals surface area contributed by atoms with Gasteiger partial charge in [-0.15, -0.1) is 0 Å². The molecule has 1 aliphatic rings. The molecule has 3 heteroatoms. The van der Waals surface area contributed by atoms with Crippen LogP contribution in [0.15, 0.2) is 42.2 Å². The van der Waals surface area contributed by atoms with Crippen molar-refractivity contribution in [3.8, 4) is 0 Å². The topological polar surface area (TPSA) is 38.5 Å². The summed E-state index contributed by atoms with van der Waals surface area (Å²) in [7, 11) is 0. The summed E-state index contributed by atoms with van der Waals surface area (Å²) in [5, 5.41) is 0. The van der Waals surface area contributed by atoms with Gasteiger partial charge in [-0.25, -0.2) is 0 Å². The van der Waals surface area contributed by atoms with Crippen molar-refractivity contribution in [1.29, 1.82) is 0 Å². The van der Waals surface area contributed by atoms with Crippen molar-refractivity contribution in [2.24, 2.45) is 5.73 Å². The van der Waals surface area contributed by atoms with Gasteiger partial charge in [0.15, 0.2) is 0 Å². The zero-order valence-corrected chi connectivity index (χ0v) is 9.43. The highest BCUT2D eigenvalue weighted by atomic mass is 16.5. The van der Waals surface area contributed by atoms with Crippen LogP contribution in [0.2, 0.25) is 0 Å². The van der Waals surface area contributed by atoms with Crippen molar-refractivity contribution in [1.82, 2.24) is 4.90 Å². The minimum Gasteiger partial charge on any atom is -0.386 e. The summed E-state index contributed by atoms with van der Waals surface area (Å²) in [5.74, 6) is 0.868. The highest BCUT2D eigenvalue weighted by molar-refractivity contribution is 5.18. The molecule has 0 spiro atoms. The lowest BCUT2D eigenvalue weighted by atomic mass is 10.1. The average molecular weight is 218 g/mol. The van der Waals surface area contributed by atoms with E-state index in [0.717, 1.165) is 38.5 Å². The first kappa shape index (κ1) is 11.0. The van der Waals surface area contributed by atoms with E-state index in [1.54, 1.807) is 0 Å². The van der Waals surface area contributed by atoms with Crippen molar-refractivity contribution in [2.45, 2.75) is 6.42 Å². The summed E-state index contributed by atoms with van der Waals surface area (Å²) in [6.07, 6.45) is 2.98. The summed E-state index contributed by atoms with van der Waals surface area (Å²) >= 11 is 0. The van der Waals surface area contributed by atoms with E-state index in [-0.39, 0.29) is 0 Å². The van der Waals surface area contributed by atoms with Crippen molar-refractivity contribution in [3.63, 3.8) is 0 Å². The Morgan fingerprint density at radius 1 is 1.25 bits per heavy atom. The van der Waals surface area contributed by atoms with Crippen molar-refractivity contribution < 1.29 is 4.74 Å². The minimum atomic E-state index is 0.778. The van der Waals surface area contributed by atoms with Crippen LogP contribution in [0.3, 0.4) is 0 Å². The molecule has 0 saturated carbocycles. The monoisotopic (exact) mass is 218 g/mol. The SMILES string of the molecule is N/C(=C\Cc1ccccc1)N1CCOCC1. The Morgan fingerprint density at radius 2 is 1.94 bits per heavy atom. The van der Waals surface area contributed by atoms with Gasteiger partial charge in [0.25, 0.3) is 0 Å². The molecule has 3 nitrogen and oxygen atoms in total. The molecule has 0 radical (unpaired) electrons. The first-order valence-corrected chi connectivity index (χ1v) is 5.68. The number of rotatable bonds is 3. The number of hydrogen-bond donors (Lipinski definition) is 1. The Balaban J connectivity index is 1.91. The van der Waals surface area contributed by atoms with E-state index < -0.39 is 0 Å². The van der Waals surface area contributed by atoms with Crippen LogP contribution in [0.1, 0.15) is 5.56 Å². The third-order valence-electron chi connectivity index (χ3n) is 2.77. The highest BCUT2D eigenvalue weighted by Crippen LogP contribution is 2.06. The zero-order valence-electron chi connectivity index (χ0n) is 9.43. The number of hydrogen-bond acceptors (Lipinski definition) is 3. The van der Waals surface area contributed by atoms with E-state index in [1.165, 1.54) is 5.56 Å². The lowest BCUT2D eigenvalue weighted by Crippen LogP contribution is -2.38. The number of benzene rings is 1. The first-order valence-electron chi connectivity index (χ1n) is 5.68. The fourth-order valence-corrected chi connectivity index (χ4v) is 1.79. The molecule has 0 aliphatic carbocycles. The predicted octanol–water partition coefficient (Wildman–Crippen LogP) is 1.36. The molecule has 1 aliphatic heterocycles. The van der Waals surface area contributed by atoms with Crippen LogP contribution in [0.4, 0.5) is 0 Å². The van der Waals surface area contributed by atoms with Crippen molar-refractivity contribution in [2.75, 3.05) is 26.3 Å². The summed E-state index contributed by atoms with van der Waals surface area (Å²) in [5.41, 5.74) is 7.32.